The number of benzene rings is 1. The monoisotopic (exact) mass is 412 g/mol. The van der Waals surface area contributed by atoms with Crippen LogP contribution in [0.15, 0.2) is 67.3 Å². The molecule has 156 valence electrons. The molecular weight excluding hydrogens is 388 g/mol. The quantitative estimate of drug-likeness (QED) is 0.516. The average Bonchev–Trinajstić information content (AvgIpc) is 3.23. The zero-order chi connectivity index (χ0) is 21.0. The Morgan fingerprint density at radius 3 is 2.97 bits per heavy atom. The van der Waals surface area contributed by atoms with Gasteiger partial charge in [-0.05, 0) is 36.6 Å². The van der Waals surface area contributed by atoms with Gasteiger partial charge in [0.2, 0.25) is 5.91 Å². The van der Waals surface area contributed by atoms with Crippen molar-refractivity contribution in [3.05, 3.63) is 78.5 Å². The first-order valence-corrected chi connectivity index (χ1v) is 10.6. The minimum Gasteiger partial charge on any atom is -0.361 e. The van der Waals surface area contributed by atoms with Crippen LogP contribution in [0.2, 0.25) is 0 Å². The predicted molar refractivity (Wildman–Crippen MR) is 120 cm³/mol. The summed E-state index contributed by atoms with van der Waals surface area (Å²) in [5.41, 5.74) is 3.12. The van der Waals surface area contributed by atoms with Crippen LogP contribution in [0, 0.1) is 0 Å². The Bertz CT molecular complexity index is 1190. The van der Waals surface area contributed by atoms with Gasteiger partial charge in [0, 0.05) is 54.2 Å². The number of nitrogens with zero attached hydrogens (tertiary/aromatic N) is 4. The number of anilines is 2. The number of fused-ring (bicyclic) bond motifs is 1. The molecule has 5 rings (SSSR count). The highest BCUT2D eigenvalue weighted by atomic mass is 16.2. The van der Waals surface area contributed by atoms with Crippen LogP contribution >= 0.6 is 0 Å². The Kier molecular flexibility index (Phi) is 5.31. The molecule has 1 amide bonds. The van der Waals surface area contributed by atoms with Crippen LogP contribution in [0.3, 0.4) is 0 Å². The number of hydrogen-bond acceptors (Lipinski definition) is 5. The van der Waals surface area contributed by atoms with Gasteiger partial charge in [-0.25, -0.2) is 9.97 Å². The molecule has 0 spiro atoms. The molecule has 0 radical (unpaired) electrons. The molecule has 1 atom stereocenters. The van der Waals surface area contributed by atoms with E-state index in [2.05, 4.69) is 26.3 Å². The molecule has 4 heterocycles. The number of nitrogens with one attached hydrogen (secondary N) is 2. The lowest BCUT2D eigenvalue weighted by atomic mass is 9.93. The highest BCUT2D eigenvalue weighted by Gasteiger charge is 2.26. The molecule has 7 heteroatoms. The van der Waals surface area contributed by atoms with E-state index < -0.39 is 0 Å². The van der Waals surface area contributed by atoms with Crippen LogP contribution in [0.1, 0.15) is 30.0 Å². The second kappa shape index (κ2) is 8.55. The normalized spacial score (nSPS) is 16.4. The number of piperidine rings is 1. The van der Waals surface area contributed by atoms with E-state index in [0.717, 1.165) is 47.4 Å². The molecule has 7 nitrogen and oxygen atoms in total. The summed E-state index contributed by atoms with van der Waals surface area (Å²) >= 11 is 0. The third-order valence-electron chi connectivity index (χ3n) is 5.80. The third-order valence-corrected chi connectivity index (χ3v) is 5.80. The first-order chi connectivity index (χ1) is 15.3. The maximum Gasteiger partial charge on any atom is 0.227 e. The molecule has 1 aliphatic rings. The van der Waals surface area contributed by atoms with E-state index in [4.69, 9.17) is 4.98 Å². The first-order valence-electron chi connectivity index (χ1n) is 10.6. The molecular formula is C24H24N6O. The number of carbonyl (C=O) groups excluding carboxylic acids is 1. The van der Waals surface area contributed by atoms with Crippen molar-refractivity contribution >= 4 is 28.4 Å². The van der Waals surface area contributed by atoms with Crippen molar-refractivity contribution in [3.63, 3.8) is 0 Å². The summed E-state index contributed by atoms with van der Waals surface area (Å²) < 4.78 is 0. The summed E-state index contributed by atoms with van der Waals surface area (Å²) in [6.07, 6.45) is 9.32. The van der Waals surface area contributed by atoms with E-state index in [1.54, 1.807) is 18.6 Å². The topological polar surface area (TPSA) is 86.8 Å². The highest BCUT2D eigenvalue weighted by molar-refractivity contribution is 5.89. The number of aromatic amines is 1. The van der Waals surface area contributed by atoms with Gasteiger partial charge in [0.1, 0.15) is 11.6 Å². The lowest BCUT2D eigenvalue weighted by Crippen LogP contribution is -2.40. The van der Waals surface area contributed by atoms with E-state index >= 15 is 0 Å². The zero-order valence-electron chi connectivity index (χ0n) is 17.2. The summed E-state index contributed by atoms with van der Waals surface area (Å²) in [5, 5.41) is 4.31. The molecule has 4 aromatic rings. The highest BCUT2D eigenvalue weighted by Crippen LogP contribution is 2.28. The zero-order valence-corrected chi connectivity index (χ0v) is 17.2. The smallest absolute Gasteiger partial charge is 0.227 e. The molecule has 0 unspecified atom stereocenters. The van der Waals surface area contributed by atoms with Gasteiger partial charge in [-0.3, -0.25) is 9.78 Å². The molecule has 0 aliphatic carbocycles. The number of likely N-dealkylation sites (tertiary alicyclic amines) is 1. The summed E-state index contributed by atoms with van der Waals surface area (Å²) in [7, 11) is 0. The fraction of sp³-hybridized carbons (Fsp3) is 0.250. The van der Waals surface area contributed by atoms with Gasteiger partial charge in [0.25, 0.3) is 0 Å². The van der Waals surface area contributed by atoms with Crippen molar-refractivity contribution in [2.24, 2.45) is 0 Å². The van der Waals surface area contributed by atoms with Crippen LogP contribution < -0.4 is 5.32 Å². The molecule has 0 saturated carbocycles. The maximum atomic E-state index is 13.1. The second-order valence-electron chi connectivity index (χ2n) is 7.88. The molecule has 3 aromatic heterocycles. The van der Waals surface area contributed by atoms with E-state index in [0.29, 0.717) is 18.8 Å². The van der Waals surface area contributed by atoms with Crippen LogP contribution in [-0.4, -0.2) is 43.8 Å². The van der Waals surface area contributed by atoms with Gasteiger partial charge in [-0.2, -0.15) is 0 Å². The first kappa shape index (κ1) is 19.2. The number of amides is 1. The van der Waals surface area contributed by atoms with E-state index in [1.165, 1.54) is 0 Å². The Morgan fingerprint density at radius 1 is 1.13 bits per heavy atom. The van der Waals surface area contributed by atoms with E-state index in [-0.39, 0.29) is 11.8 Å². The largest absolute Gasteiger partial charge is 0.361 e. The minimum absolute atomic E-state index is 0.170. The predicted octanol–water partition coefficient (Wildman–Crippen LogP) is 4.05. The Morgan fingerprint density at radius 2 is 2.06 bits per heavy atom. The van der Waals surface area contributed by atoms with Crippen LogP contribution in [0.4, 0.5) is 11.6 Å². The van der Waals surface area contributed by atoms with Crippen molar-refractivity contribution in [1.29, 1.82) is 0 Å². The molecule has 2 N–H and O–H groups in total. The van der Waals surface area contributed by atoms with Gasteiger partial charge in [0.15, 0.2) is 0 Å². The Hall–Kier alpha value is -3.74. The molecule has 1 aromatic carbocycles. The van der Waals surface area contributed by atoms with E-state index in [9.17, 15) is 4.79 Å². The van der Waals surface area contributed by atoms with Gasteiger partial charge >= 0.3 is 0 Å². The number of hydrogen-bond donors (Lipinski definition) is 2. The summed E-state index contributed by atoms with van der Waals surface area (Å²) in [4.78, 5) is 31.4. The lowest BCUT2D eigenvalue weighted by Gasteiger charge is -2.32. The van der Waals surface area contributed by atoms with Gasteiger partial charge in [0.05, 0.1) is 12.6 Å². The number of aromatic nitrogens is 4. The summed E-state index contributed by atoms with van der Waals surface area (Å²) in [6, 6.07) is 14.1. The number of para-hydroxylation sites is 1. The van der Waals surface area contributed by atoms with Crippen molar-refractivity contribution in [1.82, 2.24) is 24.8 Å². The molecule has 1 aliphatic heterocycles. The third kappa shape index (κ3) is 4.26. The summed E-state index contributed by atoms with van der Waals surface area (Å²) in [5.74, 6) is 1.79. The summed E-state index contributed by atoms with van der Waals surface area (Å²) in [6.45, 7) is 1.50. The van der Waals surface area contributed by atoms with Crippen LogP contribution in [0.25, 0.3) is 10.9 Å². The minimum atomic E-state index is 0.170. The molecule has 31 heavy (non-hydrogen) atoms. The van der Waals surface area contributed by atoms with Gasteiger partial charge in [-0.15, -0.1) is 0 Å². The van der Waals surface area contributed by atoms with E-state index in [1.807, 2.05) is 47.5 Å². The Labute approximate surface area is 180 Å². The maximum absolute atomic E-state index is 13.1. The van der Waals surface area contributed by atoms with Crippen molar-refractivity contribution in [3.8, 4) is 0 Å². The standard InChI is InChI=1S/C24H24N6O/c31-24(13-18-14-27-21-7-2-1-6-19(18)21)30-12-4-5-17(16-30)20-8-3-9-22(28-20)29-23-15-25-10-11-26-23/h1-3,6-11,14-15,17,27H,4-5,12-13,16H2,(H,26,28,29)/t17-/m1/s1. The number of rotatable bonds is 5. The van der Waals surface area contributed by atoms with Crippen molar-refractivity contribution in [2.75, 3.05) is 18.4 Å². The molecule has 1 saturated heterocycles. The Balaban J connectivity index is 1.28. The molecule has 1 fully saturated rings. The fourth-order valence-corrected chi connectivity index (χ4v) is 4.24. The number of carbonyl (C=O) groups is 1. The SMILES string of the molecule is O=C(Cc1c[nH]c2ccccc12)N1CCC[C@@H](c2cccc(Nc3cnccn3)n2)C1. The number of H-pyrrole nitrogens is 1. The average molecular weight is 412 g/mol. The van der Waals surface area contributed by atoms with Crippen molar-refractivity contribution < 1.29 is 4.79 Å². The second-order valence-corrected chi connectivity index (χ2v) is 7.88. The van der Waals surface area contributed by atoms with Crippen LogP contribution in [0.5, 0.6) is 0 Å². The number of pyridine rings is 1. The van der Waals surface area contributed by atoms with Gasteiger partial charge in [-0.1, -0.05) is 24.3 Å². The van der Waals surface area contributed by atoms with Crippen molar-refractivity contribution in [2.45, 2.75) is 25.2 Å². The lowest BCUT2D eigenvalue weighted by molar-refractivity contribution is -0.131. The van der Waals surface area contributed by atoms with Crippen LogP contribution in [-0.2, 0) is 11.2 Å². The molecule has 0 bridgehead atoms. The fourth-order valence-electron chi connectivity index (χ4n) is 4.24. The van der Waals surface area contributed by atoms with Gasteiger partial charge < -0.3 is 15.2 Å².